The molecule has 1 aromatic carbocycles. The maximum absolute atomic E-state index is 12.3. The highest BCUT2D eigenvalue weighted by molar-refractivity contribution is 9.10. The predicted molar refractivity (Wildman–Crippen MR) is 81.4 cm³/mol. The lowest BCUT2D eigenvalue weighted by molar-refractivity contribution is 0.392. The van der Waals surface area contributed by atoms with Crippen molar-refractivity contribution < 1.29 is 13.2 Å². The summed E-state index contributed by atoms with van der Waals surface area (Å²) in [7, 11) is -0.543. The third-order valence-corrected chi connectivity index (χ3v) is 5.38. The molecule has 1 aromatic rings. The van der Waals surface area contributed by atoms with Gasteiger partial charge in [-0.15, -0.1) is 12.4 Å². The van der Waals surface area contributed by atoms with E-state index < -0.39 is 10.0 Å². The van der Waals surface area contributed by atoms with Crippen molar-refractivity contribution in [3.8, 4) is 5.75 Å². The van der Waals surface area contributed by atoms with E-state index in [2.05, 4.69) is 15.9 Å². The van der Waals surface area contributed by atoms with E-state index in [4.69, 9.17) is 10.5 Å². The molecule has 5 nitrogen and oxygen atoms in total. The molecule has 0 spiro atoms. The van der Waals surface area contributed by atoms with Gasteiger partial charge in [-0.2, -0.15) is 4.31 Å². The van der Waals surface area contributed by atoms with Crippen LogP contribution in [-0.4, -0.2) is 39.5 Å². The van der Waals surface area contributed by atoms with Crippen LogP contribution in [0.5, 0.6) is 5.75 Å². The van der Waals surface area contributed by atoms with Crippen molar-refractivity contribution in [1.82, 2.24) is 4.31 Å². The predicted octanol–water partition coefficient (Wildman–Crippen LogP) is 1.85. The van der Waals surface area contributed by atoms with Gasteiger partial charge in [0.05, 0.1) is 16.5 Å². The molecule has 0 bridgehead atoms. The van der Waals surface area contributed by atoms with E-state index in [1.807, 2.05) is 0 Å². The summed E-state index contributed by atoms with van der Waals surface area (Å²) in [6, 6.07) is 4.40. The van der Waals surface area contributed by atoms with Crippen LogP contribution in [0.3, 0.4) is 0 Å². The number of nitrogens with two attached hydrogens (primary N) is 1. The fraction of sp³-hybridized carbons (Fsp3) is 0.455. The molecule has 0 radical (unpaired) electrons. The summed E-state index contributed by atoms with van der Waals surface area (Å²) in [5, 5.41) is 0. The lowest BCUT2D eigenvalue weighted by Gasteiger charge is -2.23. The molecule has 0 fully saturated rings. The molecule has 0 heterocycles. The lowest BCUT2D eigenvalue weighted by atomic mass is 10.3. The van der Waals surface area contributed by atoms with E-state index >= 15 is 0 Å². The van der Waals surface area contributed by atoms with E-state index in [0.29, 0.717) is 10.2 Å². The number of likely N-dealkylation sites (N-methyl/N-ethyl adjacent to an activating group) is 1. The first-order valence-corrected chi connectivity index (χ1v) is 7.59. The average molecular weight is 374 g/mol. The van der Waals surface area contributed by atoms with Crippen LogP contribution < -0.4 is 10.5 Å². The number of halogens is 2. The highest BCUT2D eigenvalue weighted by Gasteiger charge is 2.25. The Hall–Kier alpha value is -0.340. The molecule has 0 aliphatic rings. The Kier molecular flexibility index (Phi) is 7.31. The Morgan fingerprint density at radius 2 is 2.05 bits per heavy atom. The lowest BCUT2D eigenvalue weighted by Crippen LogP contribution is -2.39. The van der Waals surface area contributed by atoms with Crippen molar-refractivity contribution in [3.05, 3.63) is 22.7 Å². The molecule has 0 amide bonds. The highest BCUT2D eigenvalue weighted by Crippen LogP contribution is 2.28. The minimum atomic E-state index is -3.55. The first-order chi connectivity index (χ1) is 8.34. The second kappa shape index (κ2) is 7.44. The zero-order valence-corrected chi connectivity index (χ0v) is 14.2. The maximum Gasteiger partial charge on any atom is 0.243 e. The summed E-state index contributed by atoms with van der Waals surface area (Å²) >= 11 is 3.28. The summed E-state index contributed by atoms with van der Waals surface area (Å²) in [6.07, 6.45) is 0. The molecule has 1 rings (SSSR count). The van der Waals surface area contributed by atoms with Crippen LogP contribution in [0.1, 0.15) is 6.92 Å². The zero-order valence-electron chi connectivity index (χ0n) is 11.0. The van der Waals surface area contributed by atoms with Gasteiger partial charge in [-0.05, 0) is 35.0 Å². The number of rotatable bonds is 5. The van der Waals surface area contributed by atoms with Gasteiger partial charge in [0.15, 0.2) is 0 Å². The van der Waals surface area contributed by atoms with Crippen molar-refractivity contribution in [2.75, 3.05) is 20.7 Å². The van der Waals surface area contributed by atoms with Gasteiger partial charge in [-0.1, -0.05) is 0 Å². The van der Waals surface area contributed by atoms with Crippen LogP contribution in [0.25, 0.3) is 0 Å². The van der Waals surface area contributed by atoms with Crippen LogP contribution >= 0.6 is 28.3 Å². The molecular formula is C11H18BrClN2O3S. The molecule has 2 N–H and O–H groups in total. The molecule has 0 saturated heterocycles. The van der Waals surface area contributed by atoms with Gasteiger partial charge in [0.25, 0.3) is 0 Å². The summed E-state index contributed by atoms with van der Waals surface area (Å²) in [6.45, 7) is 2.02. The van der Waals surface area contributed by atoms with E-state index in [9.17, 15) is 8.42 Å². The Labute approximate surface area is 128 Å². The first-order valence-electron chi connectivity index (χ1n) is 5.36. The van der Waals surface area contributed by atoms with Gasteiger partial charge in [0.1, 0.15) is 5.75 Å². The average Bonchev–Trinajstić information content (AvgIpc) is 2.37. The van der Waals surface area contributed by atoms with Gasteiger partial charge in [-0.3, -0.25) is 0 Å². The minimum absolute atomic E-state index is 0. The first kappa shape index (κ1) is 18.7. The molecule has 0 aromatic heterocycles. The van der Waals surface area contributed by atoms with E-state index in [-0.39, 0.29) is 29.9 Å². The zero-order chi connectivity index (χ0) is 13.9. The van der Waals surface area contributed by atoms with Crippen molar-refractivity contribution in [1.29, 1.82) is 0 Å². The molecule has 110 valence electrons. The topological polar surface area (TPSA) is 72.6 Å². The maximum atomic E-state index is 12.3. The fourth-order valence-corrected chi connectivity index (χ4v) is 3.15. The number of methoxy groups -OCH3 is 1. The summed E-state index contributed by atoms with van der Waals surface area (Å²) in [4.78, 5) is 0.186. The van der Waals surface area contributed by atoms with Crippen LogP contribution in [0.15, 0.2) is 27.6 Å². The second-order valence-corrected chi connectivity index (χ2v) is 6.75. The molecular weight excluding hydrogens is 356 g/mol. The van der Waals surface area contributed by atoms with Crippen molar-refractivity contribution in [2.24, 2.45) is 5.73 Å². The Morgan fingerprint density at radius 1 is 1.47 bits per heavy atom. The summed E-state index contributed by atoms with van der Waals surface area (Å²) in [5.41, 5.74) is 5.49. The van der Waals surface area contributed by atoms with Gasteiger partial charge < -0.3 is 10.5 Å². The minimum Gasteiger partial charge on any atom is -0.496 e. The molecule has 0 saturated carbocycles. The third-order valence-electron chi connectivity index (χ3n) is 2.76. The summed E-state index contributed by atoms with van der Waals surface area (Å²) < 4.78 is 31.7. The second-order valence-electron chi connectivity index (χ2n) is 3.90. The molecule has 0 aliphatic carbocycles. The van der Waals surface area contributed by atoms with Gasteiger partial charge >= 0.3 is 0 Å². The third kappa shape index (κ3) is 4.06. The number of sulfonamides is 1. The van der Waals surface area contributed by atoms with Crippen molar-refractivity contribution in [3.63, 3.8) is 0 Å². The van der Waals surface area contributed by atoms with Crippen LogP contribution in [0, 0.1) is 0 Å². The standard InChI is InChI=1S/C11H17BrN2O3S.ClH/c1-8(7-13)14(2)18(15,16)9-4-5-10(12)11(6-9)17-3;/h4-6,8H,7,13H2,1-3H3;1H. The molecule has 0 aliphatic heterocycles. The van der Waals surface area contributed by atoms with Gasteiger partial charge in [0, 0.05) is 25.7 Å². The van der Waals surface area contributed by atoms with Crippen LogP contribution in [0.4, 0.5) is 0 Å². The number of ether oxygens (including phenoxy) is 1. The van der Waals surface area contributed by atoms with Crippen LogP contribution in [-0.2, 0) is 10.0 Å². The number of benzene rings is 1. The SMILES string of the molecule is COc1cc(S(=O)(=O)N(C)C(C)CN)ccc1Br.Cl. The molecule has 1 unspecified atom stereocenters. The number of nitrogens with zero attached hydrogens (tertiary/aromatic N) is 1. The van der Waals surface area contributed by atoms with E-state index in [0.717, 1.165) is 0 Å². The number of hydrogen-bond acceptors (Lipinski definition) is 4. The highest BCUT2D eigenvalue weighted by atomic mass is 79.9. The monoisotopic (exact) mass is 372 g/mol. The van der Waals surface area contributed by atoms with Crippen molar-refractivity contribution >= 4 is 38.4 Å². The fourth-order valence-electron chi connectivity index (χ4n) is 1.35. The van der Waals surface area contributed by atoms with Gasteiger partial charge in [-0.25, -0.2) is 8.42 Å². The van der Waals surface area contributed by atoms with Crippen LogP contribution in [0.2, 0.25) is 0 Å². The Morgan fingerprint density at radius 3 is 2.53 bits per heavy atom. The largest absolute Gasteiger partial charge is 0.496 e. The van der Waals surface area contributed by atoms with E-state index in [1.165, 1.54) is 30.6 Å². The smallest absolute Gasteiger partial charge is 0.243 e. The Balaban J connectivity index is 0.00000324. The van der Waals surface area contributed by atoms with Crippen molar-refractivity contribution in [2.45, 2.75) is 17.9 Å². The molecule has 19 heavy (non-hydrogen) atoms. The number of hydrogen-bond donors (Lipinski definition) is 1. The normalized spacial score (nSPS) is 12.9. The molecule has 1 atom stereocenters. The molecule has 8 heteroatoms. The Bertz CT molecular complexity index is 525. The quantitative estimate of drug-likeness (QED) is 0.855. The van der Waals surface area contributed by atoms with E-state index in [1.54, 1.807) is 13.0 Å². The van der Waals surface area contributed by atoms with Gasteiger partial charge in [0.2, 0.25) is 10.0 Å². The summed E-state index contributed by atoms with van der Waals surface area (Å²) in [5.74, 6) is 0.477.